The van der Waals surface area contributed by atoms with E-state index in [2.05, 4.69) is 4.98 Å². The van der Waals surface area contributed by atoms with E-state index in [1.807, 2.05) is 0 Å². The molecule has 8 nitrogen and oxygen atoms in total. The Bertz CT molecular complexity index is 862. The van der Waals surface area contributed by atoms with Gasteiger partial charge in [-0.15, -0.1) is 0 Å². The van der Waals surface area contributed by atoms with Gasteiger partial charge >= 0.3 is 5.97 Å². The van der Waals surface area contributed by atoms with Gasteiger partial charge in [-0.3, -0.25) is 19.4 Å². The topological polar surface area (TPSA) is 96.9 Å². The highest BCUT2D eigenvalue weighted by molar-refractivity contribution is 6.20. The van der Waals surface area contributed by atoms with E-state index in [1.165, 1.54) is 29.4 Å². The molecular formula is C19H17N3O5. The third-order valence-corrected chi connectivity index (χ3v) is 4.10. The zero-order valence-electron chi connectivity index (χ0n) is 14.6. The van der Waals surface area contributed by atoms with Crippen LogP contribution in [0.4, 0.5) is 0 Å². The van der Waals surface area contributed by atoms with E-state index < -0.39 is 17.8 Å². The maximum absolute atomic E-state index is 12.2. The van der Waals surface area contributed by atoms with Crippen molar-refractivity contribution in [2.75, 3.05) is 13.6 Å². The summed E-state index contributed by atoms with van der Waals surface area (Å²) in [6, 6.07) is 9.48. The SMILES string of the molecule is CN(CCCC(=O)ON1C(=O)c2ccccc2C1=O)C(=O)c1ccncc1. The summed E-state index contributed by atoms with van der Waals surface area (Å²) in [6.07, 6.45) is 3.34. The molecule has 0 spiro atoms. The van der Waals surface area contributed by atoms with Gasteiger partial charge in [0.2, 0.25) is 0 Å². The van der Waals surface area contributed by atoms with Gasteiger partial charge in [0.25, 0.3) is 17.7 Å². The third kappa shape index (κ3) is 3.84. The quantitative estimate of drug-likeness (QED) is 0.721. The predicted octanol–water partition coefficient (Wildman–Crippen LogP) is 1.69. The summed E-state index contributed by atoms with van der Waals surface area (Å²) in [4.78, 5) is 58.7. The van der Waals surface area contributed by atoms with Crippen molar-refractivity contribution in [2.45, 2.75) is 12.8 Å². The number of aromatic nitrogens is 1. The molecule has 0 bridgehead atoms. The van der Waals surface area contributed by atoms with Crippen LogP contribution in [0.5, 0.6) is 0 Å². The zero-order valence-corrected chi connectivity index (χ0v) is 14.6. The molecule has 3 rings (SSSR count). The van der Waals surface area contributed by atoms with E-state index in [0.29, 0.717) is 23.6 Å². The molecule has 1 aliphatic heterocycles. The van der Waals surface area contributed by atoms with Crippen LogP contribution in [0.15, 0.2) is 48.8 Å². The highest BCUT2D eigenvalue weighted by Gasteiger charge is 2.38. The Balaban J connectivity index is 1.49. The lowest BCUT2D eigenvalue weighted by Gasteiger charge is -2.17. The van der Waals surface area contributed by atoms with Gasteiger partial charge in [0.1, 0.15) is 0 Å². The average Bonchev–Trinajstić information content (AvgIpc) is 2.93. The van der Waals surface area contributed by atoms with Crippen LogP contribution in [0.2, 0.25) is 0 Å². The Labute approximate surface area is 155 Å². The molecule has 1 aromatic heterocycles. The molecule has 138 valence electrons. The lowest BCUT2D eigenvalue weighted by molar-refractivity contribution is -0.168. The standard InChI is InChI=1S/C19H17N3O5/c1-21(17(24)13-8-10-20-11-9-13)12-4-7-16(23)27-22-18(25)14-5-2-3-6-15(14)19(22)26/h2-3,5-6,8-11H,4,7,12H2,1H3. The number of hydroxylamine groups is 2. The second kappa shape index (κ2) is 7.77. The first-order valence-electron chi connectivity index (χ1n) is 8.33. The van der Waals surface area contributed by atoms with Crippen molar-refractivity contribution in [3.05, 3.63) is 65.5 Å². The van der Waals surface area contributed by atoms with Crippen molar-refractivity contribution in [1.82, 2.24) is 14.9 Å². The molecule has 0 aliphatic carbocycles. The Morgan fingerprint density at radius 2 is 1.63 bits per heavy atom. The van der Waals surface area contributed by atoms with E-state index in [1.54, 1.807) is 31.3 Å². The van der Waals surface area contributed by atoms with Crippen molar-refractivity contribution in [3.63, 3.8) is 0 Å². The number of hydrogen-bond acceptors (Lipinski definition) is 6. The first-order chi connectivity index (χ1) is 13.0. The average molecular weight is 367 g/mol. The minimum Gasteiger partial charge on any atom is -0.342 e. The summed E-state index contributed by atoms with van der Waals surface area (Å²) < 4.78 is 0. The molecule has 0 radical (unpaired) electrons. The van der Waals surface area contributed by atoms with Crippen LogP contribution >= 0.6 is 0 Å². The van der Waals surface area contributed by atoms with Gasteiger partial charge < -0.3 is 9.74 Å². The van der Waals surface area contributed by atoms with Crippen LogP contribution in [0.1, 0.15) is 43.9 Å². The van der Waals surface area contributed by atoms with Gasteiger partial charge in [-0.2, -0.15) is 0 Å². The van der Waals surface area contributed by atoms with E-state index >= 15 is 0 Å². The normalized spacial score (nSPS) is 12.7. The fourth-order valence-electron chi connectivity index (χ4n) is 2.67. The fourth-order valence-corrected chi connectivity index (χ4v) is 2.67. The number of benzene rings is 1. The molecule has 1 aromatic carbocycles. The van der Waals surface area contributed by atoms with Gasteiger partial charge in [-0.05, 0) is 30.7 Å². The number of pyridine rings is 1. The molecule has 0 unspecified atom stereocenters. The molecule has 2 heterocycles. The lowest BCUT2D eigenvalue weighted by Crippen LogP contribution is -2.33. The molecular weight excluding hydrogens is 350 g/mol. The largest absolute Gasteiger partial charge is 0.342 e. The molecule has 3 amide bonds. The Hall–Kier alpha value is -3.55. The van der Waals surface area contributed by atoms with Gasteiger partial charge in [-0.1, -0.05) is 17.2 Å². The first-order valence-corrected chi connectivity index (χ1v) is 8.33. The number of carbonyl (C=O) groups is 4. The minimum atomic E-state index is -0.714. The van der Waals surface area contributed by atoms with Crippen LogP contribution in [0.25, 0.3) is 0 Å². The number of hydrogen-bond donors (Lipinski definition) is 0. The monoisotopic (exact) mass is 367 g/mol. The van der Waals surface area contributed by atoms with Crippen molar-refractivity contribution in [1.29, 1.82) is 0 Å². The van der Waals surface area contributed by atoms with Crippen molar-refractivity contribution in [3.8, 4) is 0 Å². The maximum Gasteiger partial charge on any atom is 0.333 e. The van der Waals surface area contributed by atoms with E-state index in [9.17, 15) is 19.2 Å². The zero-order chi connectivity index (χ0) is 19.4. The van der Waals surface area contributed by atoms with Crippen LogP contribution in [-0.4, -0.2) is 52.2 Å². The number of imide groups is 1. The lowest BCUT2D eigenvalue weighted by atomic mass is 10.1. The number of fused-ring (bicyclic) bond motifs is 1. The Kier molecular flexibility index (Phi) is 5.25. The number of amides is 3. The first kappa shape index (κ1) is 18.2. The molecule has 0 saturated heterocycles. The second-order valence-electron chi connectivity index (χ2n) is 5.98. The van der Waals surface area contributed by atoms with Gasteiger partial charge in [0.15, 0.2) is 0 Å². The summed E-state index contributed by atoms with van der Waals surface area (Å²) in [5, 5.41) is 0.485. The highest BCUT2D eigenvalue weighted by atomic mass is 16.7. The van der Waals surface area contributed by atoms with E-state index in [-0.39, 0.29) is 23.5 Å². The predicted molar refractivity (Wildman–Crippen MR) is 93.5 cm³/mol. The Morgan fingerprint density at radius 3 is 2.22 bits per heavy atom. The molecule has 1 aliphatic rings. The molecule has 2 aromatic rings. The fraction of sp³-hybridized carbons (Fsp3) is 0.211. The van der Waals surface area contributed by atoms with Crippen molar-refractivity contribution < 1.29 is 24.0 Å². The second-order valence-corrected chi connectivity index (χ2v) is 5.98. The molecule has 8 heteroatoms. The molecule has 0 atom stereocenters. The smallest absolute Gasteiger partial charge is 0.333 e. The number of rotatable bonds is 6. The van der Waals surface area contributed by atoms with E-state index in [0.717, 1.165) is 0 Å². The van der Waals surface area contributed by atoms with Crippen LogP contribution in [0, 0.1) is 0 Å². The Morgan fingerprint density at radius 1 is 1.04 bits per heavy atom. The van der Waals surface area contributed by atoms with Gasteiger partial charge in [0, 0.05) is 38.0 Å². The third-order valence-electron chi connectivity index (χ3n) is 4.10. The molecule has 0 saturated carbocycles. The summed E-state index contributed by atoms with van der Waals surface area (Å²) in [6.45, 7) is 0.318. The summed E-state index contributed by atoms with van der Waals surface area (Å²) in [5.41, 5.74) is 0.914. The van der Waals surface area contributed by atoms with Gasteiger partial charge in [0.05, 0.1) is 11.1 Å². The molecule has 0 N–H and O–H groups in total. The number of nitrogens with zero attached hydrogens (tertiary/aromatic N) is 3. The van der Waals surface area contributed by atoms with Crippen molar-refractivity contribution in [2.24, 2.45) is 0 Å². The molecule has 0 fully saturated rings. The summed E-state index contributed by atoms with van der Waals surface area (Å²) >= 11 is 0. The van der Waals surface area contributed by atoms with Crippen LogP contribution in [0.3, 0.4) is 0 Å². The van der Waals surface area contributed by atoms with Crippen LogP contribution in [-0.2, 0) is 9.63 Å². The number of carbonyl (C=O) groups excluding carboxylic acids is 4. The summed E-state index contributed by atoms with van der Waals surface area (Å²) in [7, 11) is 1.62. The van der Waals surface area contributed by atoms with Crippen LogP contribution < -0.4 is 0 Å². The maximum atomic E-state index is 12.2. The minimum absolute atomic E-state index is 0.0403. The van der Waals surface area contributed by atoms with Crippen molar-refractivity contribution >= 4 is 23.7 Å². The highest BCUT2D eigenvalue weighted by Crippen LogP contribution is 2.22. The molecule has 27 heavy (non-hydrogen) atoms. The summed E-state index contributed by atoms with van der Waals surface area (Å²) in [5.74, 6) is -2.22. The van der Waals surface area contributed by atoms with Gasteiger partial charge in [-0.25, -0.2) is 4.79 Å². The van der Waals surface area contributed by atoms with E-state index in [4.69, 9.17) is 4.84 Å².